The molecule has 1 aromatic carbocycles. The van der Waals surface area contributed by atoms with Crippen LogP contribution in [0.15, 0.2) is 18.2 Å². The van der Waals surface area contributed by atoms with Crippen LogP contribution in [0.3, 0.4) is 0 Å². The van der Waals surface area contributed by atoms with Crippen LogP contribution in [0, 0.1) is 6.92 Å². The highest BCUT2D eigenvalue weighted by Crippen LogP contribution is 2.34. The summed E-state index contributed by atoms with van der Waals surface area (Å²) in [4.78, 5) is 0. The van der Waals surface area contributed by atoms with Crippen LogP contribution in [0.4, 0.5) is 11.4 Å². The Balaban J connectivity index is 2.21. The Bertz CT molecular complexity index is 370. The van der Waals surface area contributed by atoms with Crippen LogP contribution in [0.2, 0.25) is 0 Å². The van der Waals surface area contributed by atoms with Gasteiger partial charge in [0.05, 0.1) is 23.5 Å². The monoisotopic (exact) mass is 220 g/mol. The van der Waals surface area contributed by atoms with Crippen LogP contribution in [-0.4, -0.2) is 17.3 Å². The molecule has 0 radical (unpaired) electrons. The highest BCUT2D eigenvalue weighted by Gasteiger charge is 2.33. The Labute approximate surface area is 96.7 Å². The van der Waals surface area contributed by atoms with Crippen LogP contribution in [0.1, 0.15) is 31.2 Å². The maximum Gasteiger partial charge on any atom is 0.0661 e. The molecule has 3 heteroatoms. The van der Waals surface area contributed by atoms with Crippen molar-refractivity contribution in [2.45, 2.75) is 38.1 Å². The largest absolute Gasteiger partial charge is 0.397 e. The summed E-state index contributed by atoms with van der Waals surface area (Å²) in [7, 11) is 0. The topological polar surface area (TPSA) is 58.3 Å². The Morgan fingerprint density at radius 2 is 2.06 bits per heavy atom. The lowest BCUT2D eigenvalue weighted by Gasteiger charge is -2.30. The number of anilines is 2. The first-order chi connectivity index (χ1) is 7.65. The maximum atomic E-state index is 9.53. The van der Waals surface area contributed by atoms with Gasteiger partial charge in [-0.25, -0.2) is 0 Å². The molecule has 0 aromatic heterocycles. The summed E-state index contributed by atoms with van der Waals surface area (Å²) in [6, 6.07) is 5.96. The summed E-state index contributed by atoms with van der Waals surface area (Å²) in [5.74, 6) is 0. The van der Waals surface area contributed by atoms with Crippen LogP contribution in [0.5, 0.6) is 0 Å². The number of benzene rings is 1. The summed E-state index contributed by atoms with van der Waals surface area (Å²) < 4.78 is 0. The summed E-state index contributed by atoms with van der Waals surface area (Å²) in [5.41, 5.74) is 8.68. The van der Waals surface area contributed by atoms with Gasteiger partial charge in [0.2, 0.25) is 0 Å². The van der Waals surface area contributed by atoms with Crippen LogP contribution >= 0.6 is 0 Å². The third-order valence-electron chi connectivity index (χ3n) is 3.47. The highest BCUT2D eigenvalue weighted by atomic mass is 16.3. The van der Waals surface area contributed by atoms with Crippen molar-refractivity contribution >= 4 is 11.4 Å². The van der Waals surface area contributed by atoms with E-state index in [0.29, 0.717) is 0 Å². The van der Waals surface area contributed by atoms with Crippen LogP contribution in [0.25, 0.3) is 0 Å². The summed E-state index contributed by atoms with van der Waals surface area (Å²) in [6.07, 6.45) is 4.41. The number of nitrogens with two attached hydrogens (primary N) is 1. The molecule has 16 heavy (non-hydrogen) atoms. The van der Waals surface area contributed by atoms with Gasteiger partial charge in [-0.3, -0.25) is 0 Å². The molecule has 4 N–H and O–H groups in total. The molecule has 2 rings (SSSR count). The SMILES string of the molecule is Cc1ccc(N)c(NC2(CO)CCCC2)c1. The molecule has 1 saturated carbocycles. The van der Waals surface area contributed by atoms with Crippen LogP contribution < -0.4 is 11.1 Å². The van der Waals surface area contributed by atoms with Gasteiger partial charge < -0.3 is 16.2 Å². The van der Waals surface area contributed by atoms with Gasteiger partial charge in [-0.1, -0.05) is 18.9 Å². The van der Waals surface area contributed by atoms with E-state index in [0.717, 1.165) is 24.2 Å². The molecule has 0 amide bonds. The van der Waals surface area contributed by atoms with E-state index in [2.05, 4.69) is 5.32 Å². The van der Waals surface area contributed by atoms with Gasteiger partial charge >= 0.3 is 0 Å². The maximum absolute atomic E-state index is 9.53. The lowest BCUT2D eigenvalue weighted by molar-refractivity contribution is 0.214. The van der Waals surface area contributed by atoms with Crippen molar-refractivity contribution in [2.24, 2.45) is 0 Å². The second kappa shape index (κ2) is 4.34. The highest BCUT2D eigenvalue weighted by molar-refractivity contribution is 5.68. The molecule has 0 saturated heterocycles. The van der Waals surface area contributed by atoms with Crippen molar-refractivity contribution in [2.75, 3.05) is 17.7 Å². The van der Waals surface area contributed by atoms with E-state index >= 15 is 0 Å². The van der Waals surface area contributed by atoms with E-state index in [1.54, 1.807) is 0 Å². The Kier molecular flexibility index (Phi) is 3.06. The molecule has 88 valence electrons. The van der Waals surface area contributed by atoms with Gasteiger partial charge in [0.1, 0.15) is 0 Å². The Morgan fingerprint density at radius 3 is 2.69 bits per heavy atom. The second-order valence-corrected chi connectivity index (χ2v) is 4.86. The zero-order valence-corrected chi connectivity index (χ0v) is 9.79. The molecule has 1 aliphatic rings. The average Bonchev–Trinajstić information content (AvgIpc) is 2.73. The number of hydrogen-bond donors (Lipinski definition) is 3. The molecular weight excluding hydrogens is 200 g/mol. The first-order valence-electron chi connectivity index (χ1n) is 5.90. The Morgan fingerprint density at radius 1 is 1.38 bits per heavy atom. The fraction of sp³-hybridized carbons (Fsp3) is 0.538. The molecule has 1 aromatic rings. The minimum absolute atomic E-state index is 0.151. The fourth-order valence-corrected chi connectivity index (χ4v) is 2.44. The minimum Gasteiger partial charge on any atom is -0.397 e. The molecule has 1 fully saturated rings. The van der Waals surface area contributed by atoms with E-state index < -0.39 is 0 Å². The third-order valence-corrected chi connectivity index (χ3v) is 3.47. The fourth-order valence-electron chi connectivity index (χ4n) is 2.44. The van der Waals surface area contributed by atoms with Gasteiger partial charge in [-0.05, 0) is 37.5 Å². The van der Waals surface area contributed by atoms with Crippen molar-refractivity contribution in [3.05, 3.63) is 23.8 Å². The number of hydrogen-bond acceptors (Lipinski definition) is 3. The summed E-state index contributed by atoms with van der Waals surface area (Å²) in [6.45, 7) is 2.23. The van der Waals surface area contributed by atoms with Crippen molar-refractivity contribution < 1.29 is 5.11 Å². The first-order valence-corrected chi connectivity index (χ1v) is 5.90. The number of aryl methyl sites for hydroxylation is 1. The van der Waals surface area contributed by atoms with Crippen molar-refractivity contribution in [1.82, 2.24) is 0 Å². The van der Waals surface area contributed by atoms with E-state index in [-0.39, 0.29) is 12.1 Å². The molecule has 3 nitrogen and oxygen atoms in total. The minimum atomic E-state index is -0.151. The molecule has 0 bridgehead atoms. The number of nitrogens with one attached hydrogen (secondary N) is 1. The molecule has 1 aliphatic carbocycles. The van der Waals surface area contributed by atoms with Crippen LogP contribution in [-0.2, 0) is 0 Å². The van der Waals surface area contributed by atoms with Gasteiger partial charge in [-0.2, -0.15) is 0 Å². The van der Waals surface area contributed by atoms with E-state index in [1.165, 1.54) is 18.4 Å². The zero-order chi connectivity index (χ0) is 11.6. The van der Waals surface area contributed by atoms with Gasteiger partial charge in [-0.15, -0.1) is 0 Å². The van der Waals surface area contributed by atoms with E-state index in [9.17, 15) is 5.11 Å². The standard InChI is InChI=1S/C13H20N2O/c1-10-4-5-11(14)12(8-10)15-13(9-16)6-2-3-7-13/h4-5,8,15-16H,2-3,6-7,9,14H2,1H3. The molecule has 0 unspecified atom stereocenters. The first kappa shape index (κ1) is 11.3. The number of aliphatic hydroxyl groups excluding tert-OH is 1. The normalized spacial score (nSPS) is 18.6. The van der Waals surface area contributed by atoms with Gasteiger partial charge in [0, 0.05) is 0 Å². The third kappa shape index (κ3) is 2.14. The smallest absolute Gasteiger partial charge is 0.0661 e. The average molecular weight is 220 g/mol. The molecular formula is C13H20N2O. The zero-order valence-electron chi connectivity index (χ0n) is 9.79. The summed E-state index contributed by atoms with van der Waals surface area (Å²) >= 11 is 0. The number of aliphatic hydroxyl groups is 1. The Hall–Kier alpha value is -1.22. The molecule has 0 atom stereocenters. The van der Waals surface area contributed by atoms with Crippen molar-refractivity contribution in [3.8, 4) is 0 Å². The van der Waals surface area contributed by atoms with Crippen molar-refractivity contribution in [1.29, 1.82) is 0 Å². The lowest BCUT2D eigenvalue weighted by Crippen LogP contribution is -2.39. The van der Waals surface area contributed by atoms with E-state index in [4.69, 9.17) is 5.73 Å². The van der Waals surface area contributed by atoms with E-state index in [1.807, 2.05) is 25.1 Å². The molecule has 0 aliphatic heterocycles. The van der Waals surface area contributed by atoms with Gasteiger partial charge in [0.15, 0.2) is 0 Å². The molecule has 0 heterocycles. The number of nitrogen functional groups attached to an aromatic ring is 1. The predicted molar refractivity (Wildman–Crippen MR) is 67.5 cm³/mol. The lowest BCUT2D eigenvalue weighted by atomic mass is 9.98. The van der Waals surface area contributed by atoms with Crippen molar-refractivity contribution in [3.63, 3.8) is 0 Å². The number of rotatable bonds is 3. The summed E-state index contributed by atoms with van der Waals surface area (Å²) in [5, 5.41) is 13.0. The second-order valence-electron chi connectivity index (χ2n) is 4.86. The van der Waals surface area contributed by atoms with Gasteiger partial charge in [0.25, 0.3) is 0 Å². The quantitative estimate of drug-likeness (QED) is 0.685. The molecule has 0 spiro atoms. The predicted octanol–water partition coefficient (Wildman–Crippen LogP) is 2.29.